The van der Waals surface area contributed by atoms with Gasteiger partial charge in [-0.15, -0.1) is 0 Å². The number of pyridine rings is 1. The summed E-state index contributed by atoms with van der Waals surface area (Å²) in [5.41, 5.74) is 6.75. The van der Waals surface area contributed by atoms with Gasteiger partial charge in [0.1, 0.15) is 0 Å². The number of fused-ring (bicyclic) bond motifs is 1. The fourth-order valence-electron chi connectivity index (χ4n) is 3.71. The van der Waals surface area contributed by atoms with E-state index in [0.29, 0.717) is 13.2 Å². The van der Waals surface area contributed by atoms with Gasteiger partial charge in [0.15, 0.2) is 11.6 Å². The summed E-state index contributed by atoms with van der Waals surface area (Å²) in [4.78, 5) is 4.47. The van der Waals surface area contributed by atoms with Gasteiger partial charge in [-0.3, -0.25) is 4.98 Å². The first-order chi connectivity index (χ1) is 13.5. The van der Waals surface area contributed by atoms with Crippen LogP contribution in [0.1, 0.15) is 36.5 Å². The molecule has 0 aliphatic carbocycles. The van der Waals surface area contributed by atoms with E-state index in [2.05, 4.69) is 11.9 Å². The first-order valence-corrected chi connectivity index (χ1v) is 9.57. The zero-order valence-corrected chi connectivity index (χ0v) is 16.6. The number of ether oxygens (including phenoxy) is 2. The number of aryl methyl sites for hydroxylation is 2. The highest BCUT2D eigenvalue weighted by atomic mass is 19.1. The van der Waals surface area contributed by atoms with E-state index in [1.165, 1.54) is 6.07 Å². The van der Waals surface area contributed by atoms with Gasteiger partial charge in [-0.1, -0.05) is 0 Å². The normalized spacial score (nSPS) is 16.1. The lowest BCUT2D eigenvalue weighted by Gasteiger charge is -2.21. The Morgan fingerprint density at radius 3 is 2.68 bits per heavy atom. The summed E-state index contributed by atoms with van der Waals surface area (Å²) in [5.74, 6) is -0.134. The van der Waals surface area contributed by atoms with Crippen LogP contribution in [0.4, 0.5) is 4.39 Å². The third kappa shape index (κ3) is 3.40. The van der Waals surface area contributed by atoms with Crippen LogP contribution in [-0.2, 0) is 17.8 Å². The largest absolute Gasteiger partial charge is 0.491 e. The van der Waals surface area contributed by atoms with Gasteiger partial charge in [0.05, 0.1) is 36.4 Å². The Bertz CT molecular complexity index is 1010. The van der Waals surface area contributed by atoms with Gasteiger partial charge in [0.25, 0.3) is 0 Å². The molecule has 6 heteroatoms. The van der Waals surface area contributed by atoms with Crippen molar-refractivity contribution in [1.82, 2.24) is 14.8 Å². The predicted molar refractivity (Wildman–Crippen MR) is 105 cm³/mol. The highest BCUT2D eigenvalue weighted by Gasteiger charge is 2.26. The van der Waals surface area contributed by atoms with Crippen molar-refractivity contribution in [3.8, 4) is 22.7 Å². The van der Waals surface area contributed by atoms with Gasteiger partial charge in [-0.05, 0) is 52.0 Å². The van der Waals surface area contributed by atoms with Crippen LogP contribution in [-0.4, -0.2) is 27.5 Å². The van der Waals surface area contributed by atoms with E-state index in [-0.39, 0.29) is 17.7 Å². The molecule has 1 aromatic carbocycles. The molecular formula is C22H24FN3O2. The smallest absolute Gasteiger partial charge is 0.165 e. The Morgan fingerprint density at radius 1 is 1.21 bits per heavy atom. The number of hydrogen-bond acceptors (Lipinski definition) is 4. The number of rotatable bonds is 4. The minimum absolute atomic E-state index is 0.100. The van der Waals surface area contributed by atoms with Crippen LogP contribution in [0.5, 0.6) is 5.75 Å². The molecule has 0 radical (unpaired) electrons. The van der Waals surface area contributed by atoms with Gasteiger partial charge in [0, 0.05) is 35.0 Å². The zero-order chi connectivity index (χ0) is 19.8. The topological polar surface area (TPSA) is 49.2 Å². The molecule has 0 spiro atoms. The summed E-state index contributed by atoms with van der Waals surface area (Å²) in [7, 11) is 0. The van der Waals surface area contributed by atoms with Crippen LogP contribution in [0.25, 0.3) is 16.9 Å². The lowest BCUT2D eigenvalue weighted by Crippen LogP contribution is -2.21. The molecule has 0 saturated carbocycles. The van der Waals surface area contributed by atoms with Crippen molar-refractivity contribution in [3.05, 3.63) is 58.8 Å². The van der Waals surface area contributed by atoms with Crippen LogP contribution in [0.2, 0.25) is 0 Å². The maximum atomic E-state index is 14.1. The second-order valence-electron chi connectivity index (χ2n) is 7.20. The quantitative estimate of drug-likeness (QED) is 0.665. The van der Waals surface area contributed by atoms with Gasteiger partial charge < -0.3 is 9.47 Å². The van der Waals surface area contributed by atoms with E-state index >= 15 is 0 Å². The van der Waals surface area contributed by atoms with Gasteiger partial charge >= 0.3 is 0 Å². The van der Waals surface area contributed by atoms with E-state index in [9.17, 15) is 4.39 Å². The molecule has 0 saturated heterocycles. The van der Waals surface area contributed by atoms with Crippen molar-refractivity contribution in [1.29, 1.82) is 0 Å². The lowest BCUT2D eigenvalue weighted by atomic mass is 10.0. The standard InChI is InChI=1S/C22H24FN3O2/c1-5-27-21-11-17(6-7-19(21)23)26-20-10-15(4)28-12-18(20)22(25-26)16-8-13(2)24-14(3)9-16/h6-9,11,15H,5,10,12H2,1-4H3. The average molecular weight is 381 g/mol. The van der Waals surface area contributed by atoms with E-state index in [1.807, 2.05) is 37.6 Å². The van der Waals surface area contributed by atoms with E-state index < -0.39 is 0 Å². The Hall–Kier alpha value is -2.73. The van der Waals surface area contributed by atoms with Crippen molar-refractivity contribution in [2.45, 2.75) is 46.8 Å². The lowest BCUT2D eigenvalue weighted by molar-refractivity contribution is 0.0401. The third-order valence-corrected chi connectivity index (χ3v) is 4.90. The molecule has 3 heterocycles. The van der Waals surface area contributed by atoms with E-state index in [0.717, 1.165) is 46.0 Å². The monoisotopic (exact) mass is 381 g/mol. The fourth-order valence-corrected chi connectivity index (χ4v) is 3.71. The molecule has 146 valence electrons. The predicted octanol–water partition coefficient (Wildman–Crippen LogP) is 4.55. The molecule has 0 fully saturated rings. The van der Waals surface area contributed by atoms with Gasteiger partial charge in [-0.2, -0.15) is 5.10 Å². The summed E-state index contributed by atoms with van der Waals surface area (Å²) in [6.07, 6.45) is 0.843. The Balaban J connectivity index is 1.89. The molecule has 0 bridgehead atoms. The van der Waals surface area contributed by atoms with Crippen molar-refractivity contribution in [2.75, 3.05) is 6.61 Å². The highest BCUT2D eigenvalue weighted by molar-refractivity contribution is 5.66. The Morgan fingerprint density at radius 2 is 1.96 bits per heavy atom. The number of aromatic nitrogens is 3. The first-order valence-electron chi connectivity index (χ1n) is 9.57. The summed E-state index contributed by atoms with van der Waals surface area (Å²) >= 11 is 0. The summed E-state index contributed by atoms with van der Waals surface area (Å²) in [6.45, 7) is 8.76. The van der Waals surface area contributed by atoms with Crippen molar-refractivity contribution >= 4 is 0 Å². The second-order valence-corrected chi connectivity index (χ2v) is 7.20. The fraction of sp³-hybridized carbons (Fsp3) is 0.364. The molecule has 5 nitrogen and oxygen atoms in total. The van der Waals surface area contributed by atoms with Gasteiger partial charge in [-0.25, -0.2) is 9.07 Å². The molecule has 4 rings (SSSR count). The number of nitrogens with zero attached hydrogens (tertiary/aromatic N) is 3. The zero-order valence-electron chi connectivity index (χ0n) is 16.6. The summed E-state index contributed by atoms with van der Waals surface area (Å²) < 4.78 is 27.3. The maximum absolute atomic E-state index is 14.1. The van der Waals surface area contributed by atoms with E-state index in [4.69, 9.17) is 14.6 Å². The Labute approximate surface area is 164 Å². The van der Waals surface area contributed by atoms with Gasteiger partial charge in [0.2, 0.25) is 0 Å². The second kappa shape index (κ2) is 7.36. The Kier molecular flexibility index (Phi) is 4.89. The molecule has 0 amide bonds. The molecule has 1 atom stereocenters. The van der Waals surface area contributed by atoms with Crippen LogP contribution in [0, 0.1) is 19.7 Å². The number of hydrogen-bond donors (Lipinski definition) is 0. The molecule has 2 aromatic heterocycles. The molecule has 28 heavy (non-hydrogen) atoms. The third-order valence-electron chi connectivity index (χ3n) is 4.90. The summed E-state index contributed by atoms with van der Waals surface area (Å²) in [6, 6.07) is 8.94. The molecule has 3 aromatic rings. The molecule has 1 unspecified atom stereocenters. The maximum Gasteiger partial charge on any atom is 0.165 e. The minimum Gasteiger partial charge on any atom is -0.491 e. The van der Waals surface area contributed by atoms with Crippen molar-refractivity contribution in [2.24, 2.45) is 0 Å². The van der Waals surface area contributed by atoms with E-state index in [1.54, 1.807) is 12.1 Å². The molecule has 1 aliphatic heterocycles. The summed E-state index contributed by atoms with van der Waals surface area (Å²) in [5, 5.41) is 4.91. The van der Waals surface area contributed by atoms with Crippen LogP contribution >= 0.6 is 0 Å². The highest BCUT2D eigenvalue weighted by Crippen LogP contribution is 2.34. The van der Waals surface area contributed by atoms with Crippen LogP contribution in [0.15, 0.2) is 30.3 Å². The molecular weight excluding hydrogens is 357 g/mol. The van der Waals surface area contributed by atoms with Crippen LogP contribution in [0.3, 0.4) is 0 Å². The molecule has 0 N–H and O–H groups in total. The number of benzene rings is 1. The van der Waals surface area contributed by atoms with Crippen molar-refractivity contribution < 1.29 is 13.9 Å². The average Bonchev–Trinajstić information content (AvgIpc) is 3.01. The van der Waals surface area contributed by atoms with Crippen LogP contribution < -0.4 is 4.74 Å². The minimum atomic E-state index is -0.371. The van der Waals surface area contributed by atoms with Crippen molar-refractivity contribution in [3.63, 3.8) is 0 Å². The number of halogens is 1. The SMILES string of the molecule is CCOc1cc(-n2nc(-c3cc(C)nc(C)c3)c3c2CC(C)OC3)ccc1F. The molecule has 1 aliphatic rings. The first kappa shape index (κ1) is 18.6.